The summed E-state index contributed by atoms with van der Waals surface area (Å²) in [4.78, 5) is 12.2. The lowest BCUT2D eigenvalue weighted by Crippen LogP contribution is -2.49. The minimum Gasteiger partial charge on any atom is -0.508 e. The Labute approximate surface area is 123 Å². The van der Waals surface area contributed by atoms with Crippen LogP contribution in [-0.4, -0.2) is 35.8 Å². The number of hydrogen-bond donors (Lipinski definition) is 3. The van der Waals surface area contributed by atoms with Crippen LogP contribution in [0.5, 0.6) is 17.2 Å². The molecule has 2 aliphatic rings. The van der Waals surface area contributed by atoms with E-state index in [0.717, 1.165) is 25.7 Å². The summed E-state index contributed by atoms with van der Waals surface area (Å²) in [6.45, 7) is 0.176. The monoisotopic (exact) mass is 292 g/mol. The van der Waals surface area contributed by atoms with Crippen LogP contribution in [0.25, 0.3) is 0 Å². The Morgan fingerprint density at radius 1 is 1.24 bits per heavy atom. The van der Waals surface area contributed by atoms with E-state index in [4.69, 9.17) is 15.2 Å². The van der Waals surface area contributed by atoms with Gasteiger partial charge in [-0.15, -0.1) is 0 Å². The number of amides is 1. The second-order valence-corrected chi connectivity index (χ2v) is 5.67. The second-order valence-electron chi connectivity index (χ2n) is 5.67. The van der Waals surface area contributed by atoms with Gasteiger partial charge in [-0.2, -0.15) is 0 Å². The van der Waals surface area contributed by atoms with E-state index >= 15 is 0 Å². The van der Waals surface area contributed by atoms with Crippen molar-refractivity contribution in [2.24, 2.45) is 5.73 Å². The van der Waals surface area contributed by atoms with Crippen LogP contribution in [0, 0.1) is 0 Å². The Morgan fingerprint density at radius 3 is 2.76 bits per heavy atom. The number of carbonyl (C=O) groups excluding carboxylic acids is 1. The number of aromatic hydroxyl groups is 1. The summed E-state index contributed by atoms with van der Waals surface area (Å²) < 4.78 is 11.1. The minimum absolute atomic E-state index is 0.0830. The standard InChI is InChI=1S/C15H20N2O4/c16-9-1-3-10(4-2-9)17-15(19)14-8-20-12-6-5-11(18)7-13(12)21-14/h5-7,9-10,14,18H,1-4,8,16H2,(H,17,19). The zero-order valence-corrected chi connectivity index (χ0v) is 11.7. The zero-order chi connectivity index (χ0) is 14.8. The molecule has 0 radical (unpaired) electrons. The molecule has 1 unspecified atom stereocenters. The fraction of sp³-hybridized carbons (Fsp3) is 0.533. The van der Waals surface area contributed by atoms with Crippen LogP contribution < -0.4 is 20.5 Å². The highest BCUT2D eigenvalue weighted by atomic mass is 16.6. The summed E-state index contributed by atoms with van der Waals surface area (Å²) in [5.41, 5.74) is 5.86. The fourth-order valence-electron chi connectivity index (χ4n) is 2.75. The molecule has 3 rings (SSSR count). The van der Waals surface area contributed by atoms with Gasteiger partial charge in [0.2, 0.25) is 6.10 Å². The average Bonchev–Trinajstić information content (AvgIpc) is 2.48. The van der Waals surface area contributed by atoms with Crippen molar-refractivity contribution in [3.05, 3.63) is 18.2 Å². The molecule has 1 aliphatic carbocycles. The maximum atomic E-state index is 12.2. The van der Waals surface area contributed by atoms with E-state index in [-0.39, 0.29) is 30.3 Å². The molecule has 0 saturated heterocycles. The Hall–Kier alpha value is -1.95. The highest BCUT2D eigenvalue weighted by Gasteiger charge is 2.30. The van der Waals surface area contributed by atoms with Gasteiger partial charge in [0.15, 0.2) is 11.5 Å². The van der Waals surface area contributed by atoms with E-state index in [0.29, 0.717) is 11.5 Å². The van der Waals surface area contributed by atoms with Gasteiger partial charge >= 0.3 is 0 Å². The van der Waals surface area contributed by atoms with Gasteiger partial charge in [-0.25, -0.2) is 0 Å². The maximum absolute atomic E-state index is 12.2. The summed E-state index contributed by atoms with van der Waals surface area (Å²) in [5.74, 6) is 0.844. The predicted octanol–water partition coefficient (Wildman–Crippen LogP) is 0.918. The van der Waals surface area contributed by atoms with Gasteiger partial charge in [-0.1, -0.05) is 0 Å². The number of fused-ring (bicyclic) bond motifs is 1. The first-order valence-electron chi connectivity index (χ1n) is 7.30. The summed E-state index contributed by atoms with van der Waals surface area (Å²) in [5, 5.41) is 12.4. The van der Waals surface area contributed by atoms with Crippen LogP contribution in [0.1, 0.15) is 25.7 Å². The van der Waals surface area contributed by atoms with Crippen molar-refractivity contribution >= 4 is 5.91 Å². The second kappa shape index (κ2) is 5.81. The number of phenols is 1. The lowest BCUT2D eigenvalue weighted by molar-refractivity contribution is -0.131. The summed E-state index contributed by atoms with van der Waals surface area (Å²) in [6.07, 6.45) is 2.98. The molecule has 21 heavy (non-hydrogen) atoms. The van der Waals surface area contributed by atoms with Crippen molar-refractivity contribution in [1.29, 1.82) is 0 Å². The van der Waals surface area contributed by atoms with Crippen molar-refractivity contribution in [1.82, 2.24) is 5.32 Å². The molecule has 6 heteroatoms. The number of phenolic OH excluding ortho intramolecular Hbond substituents is 1. The molecule has 1 heterocycles. The molecule has 114 valence electrons. The van der Waals surface area contributed by atoms with Crippen molar-refractivity contribution in [3.8, 4) is 17.2 Å². The van der Waals surface area contributed by atoms with E-state index in [9.17, 15) is 9.90 Å². The molecular weight excluding hydrogens is 272 g/mol. The summed E-state index contributed by atoms with van der Waals surface area (Å²) in [7, 11) is 0. The Bertz CT molecular complexity index is 526. The SMILES string of the molecule is NC1CCC(NC(=O)C2COc3ccc(O)cc3O2)CC1. The highest BCUT2D eigenvalue weighted by molar-refractivity contribution is 5.82. The summed E-state index contributed by atoms with van der Waals surface area (Å²) in [6, 6.07) is 5.01. The minimum atomic E-state index is -0.685. The Balaban J connectivity index is 1.59. The van der Waals surface area contributed by atoms with Crippen LogP contribution in [-0.2, 0) is 4.79 Å². The molecule has 1 fully saturated rings. The van der Waals surface area contributed by atoms with Gasteiger partial charge in [0, 0.05) is 18.2 Å². The van der Waals surface area contributed by atoms with Crippen molar-refractivity contribution in [2.75, 3.05) is 6.61 Å². The number of nitrogens with one attached hydrogen (secondary N) is 1. The number of benzene rings is 1. The molecule has 1 atom stereocenters. The molecule has 1 aliphatic heterocycles. The number of carbonyl (C=O) groups is 1. The smallest absolute Gasteiger partial charge is 0.264 e. The van der Waals surface area contributed by atoms with Crippen LogP contribution in [0.2, 0.25) is 0 Å². The molecule has 1 aromatic rings. The van der Waals surface area contributed by atoms with Gasteiger partial charge in [0.25, 0.3) is 5.91 Å². The third-order valence-corrected chi connectivity index (χ3v) is 4.00. The molecule has 1 saturated carbocycles. The number of nitrogens with two attached hydrogens (primary N) is 1. The molecule has 1 aromatic carbocycles. The molecule has 1 amide bonds. The highest BCUT2D eigenvalue weighted by Crippen LogP contribution is 2.34. The molecule has 0 spiro atoms. The predicted molar refractivity (Wildman–Crippen MR) is 76.4 cm³/mol. The number of hydrogen-bond acceptors (Lipinski definition) is 5. The third-order valence-electron chi connectivity index (χ3n) is 4.00. The topological polar surface area (TPSA) is 93.8 Å². The average molecular weight is 292 g/mol. The quantitative estimate of drug-likeness (QED) is 0.753. The van der Waals surface area contributed by atoms with Gasteiger partial charge in [0.1, 0.15) is 12.4 Å². The lowest BCUT2D eigenvalue weighted by atomic mass is 9.92. The van der Waals surface area contributed by atoms with Crippen LogP contribution in [0.3, 0.4) is 0 Å². The first-order chi connectivity index (χ1) is 10.1. The van der Waals surface area contributed by atoms with Crippen LogP contribution in [0.15, 0.2) is 18.2 Å². The first kappa shape index (κ1) is 14.0. The molecule has 6 nitrogen and oxygen atoms in total. The van der Waals surface area contributed by atoms with E-state index < -0.39 is 6.10 Å². The normalized spacial score (nSPS) is 28.0. The van der Waals surface area contributed by atoms with Gasteiger partial charge < -0.3 is 25.6 Å². The maximum Gasteiger partial charge on any atom is 0.264 e. The van der Waals surface area contributed by atoms with Gasteiger partial charge in [-0.05, 0) is 37.8 Å². The summed E-state index contributed by atoms with van der Waals surface area (Å²) >= 11 is 0. The lowest BCUT2D eigenvalue weighted by Gasteiger charge is -2.30. The largest absolute Gasteiger partial charge is 0.508 e. The fourth-order valence-corrected chi connectivity index (χ4v) is 2.75. The molecule has 0 bridgehead atoms. The molecule has 4 N–H and O–H groups in total. The van der Waals surface area contributed by atoms with E-state index in [1.807, 2.05) is 0 Å². The van der Waals surface area contributed by atoms with E-state index in [2.05, 4.69) is 5.32 Å². The van der Waals surface area contributed by atoms with Gasteiger partial charge in [-0.3, -0.25) is 4.79 Å². The van der Waals surface area contributed by atoms with E-state index in [1.165, 1.54) is 12.1 Å². The van der Waals surface area contributed by atoms with Crippen molar-refractivity contribution in [3.63, 3.8) is 0 Å². The number of rotatable bonds is 2. The van der Waals surface area contributed by atoms with Gasteiger partial charge in [0.05, 0.1) is 0 Å². The first-order valence-corrected chi connectivity index (χ1v) is 7.30. The van der Waals surface area contributed by atoms with Crippen molar-refractivity contribution in [2.45, 2.75) is 43.9 Å². The van der Waals surface area contributed by atoms with Crippen LogP contribution in [0.4, 0.5) is 0 Å². The number of ether oxygens (including phenoxy) is 2. The Kier molecular flexibility index (Phi) is 3.88. The Morgan fingerprint density at radius 2 is 2.00 bits per heavy atom. The molecule has 0 aromatic heterocycles. The third kappa shape index (κ3) is 3.21. The van der Waals surface area contributed by atoms with Crippen LogP contribution >= 0.6 is 0 Å². The molecular formula is C15H20N2O4. The zero-order valence-electron chi connectivity index (χ0n) is 11.7. The van der Waals surface area contributed by atoms with E-state index in [1.54, 1.807) is 6.07 Å². The van der Waals surface area contributed by atoms with Crippen molar-refractivity contribution < 1.29 is 19.4 Å².